The van der Waals surface area contributed by atoms with Crippen molar-refractivity contribution in [2.24, 2.45) is 0 Å². The average molecular weight is 1040 g/mol. The van der Waals surface area contributed by atoms with Gasteiger partial charge in [0, 0.05) is 71.7 Å². The summed E-state index contributed by atoms with van der Waals surface area (Å²) >= 11 is 3.47. The van der Waals surface area contributed by atoms with E-state index in [4.69, 9.17) is 23.8 Å². The highest BCUT2D eigenvalue weighted by molar-refractivity contribution is 9.10. The zero-order valence-electron chi connectivity index (χ0n) is 40.8. The first kappa shape index (κ1) is 45.0. The van der Waals surface area contributed by atoms with Crippen molar-refractivity contribution in [1.29, 1.82) is 0 Å². The van der Waals surface area contributed by atoms with Gasteiger partial charge in [0.2, 0.25) is 0 Å². The fourth-order valence-corrected chi connectivity index (χ4v) is 10.8. The van der Waals surface area contributed by atoms with Gasteiger partial charge in [0.1, 0.15) is 22.3 Å². The molecular formula is C69H45BrN4O2. The molecule has 0 bridgehead atoms. The maximum Gasteiger partial charge on any atom is 0.164 e. The number of benzene rings is 11. The SMILES string of the molecule is Brc1ccc(-c2cccc3c2oc2ccccc23)cc1.[2HH].c1ccc(-c2nc(-c3ccccc3)nc(-c3ccc(-c4ccc5c(c4)c4ccccc4n5-c4ccc(-c5cccc6c5oc5ccccc56)cc4)cc3)n2)cc1. The van der Waals surface area contributed by atoms with Gasteiger partial charge in [-0.25, -0.2) is 15.0 Å². The second kappa shape index (κ2) is 19.0. The predicted octanol–water partition coefficient (Wildman–Crippen LogP) is 19.5. The van der Waals surface area contributed by atoms with Gasteiger partial charge in [0.15, 0.2) is 17.5 Å². The van der Waals surface area contributed by atoms with Crippen LogP contribution in [0.15, 0.2) is 274 Å². The summed E-state index contributed by atoms with van der Waals surface area (Å²) in [5.74, 6) is 1.94. The summed E-state index contributed by atoms with van der Waals surface area (Å²) in [5.41, 5.74) is 16.8. The van der Waals surface area contributed by atoms with Crippen molar-refractivity contribution >= 4 is 81.6 Å². The molecule has 15 rings (SSSR count). The Morgan fingerprint density at radius 3 is 1.26 bits per heavy atom. The van der Waals surface area contributed by atoms with Crippen LogP contribution in [0.3, 0.4) is 0 Å². The van der Waals surface area contributed by atoms with Crippen molar-refractivity contribution in [3.8, 4) is 73.2 Å². The van der Waals surface area contributed by atoms with Crippen molar-refractivity contribution in [2.45, 2.75) is 0 Å². The highest BCUT2D eigenvalue weighted by atomic mass is 79.9. The monoisotopic (exact) mass is 1040 g/mol. The lowest BCUT2D eigenvalue weighted by Gasteiger charge is -2.10. The third-order valence-corrected chi connectivity index (χ3v) is 14.8. The smallest absolute Gasteiger partial charge is 0.164 e. The maximum atomic E-state index is 6.36. The van der Waals surface area contributed by atoms with E-state index in [1.165, 1.54) is 27.1 Å². The van der Waals surface area contributed by atoms with E-state index >= 15 is 0 Å². The van der Waals surface area contributed by atoms with Gasteiger partial charge in [-0.3, -0.25) is 0 Å². The first-order chi connectivity index (χ1) is 37.6. The van der Waals surface area contributed by atoms with Crippen molar-refractivity contribution in [2.75, 3.05) is 0 Å². The normalized spacial score (nSPS) is 11.5. The van der Waals surface area contributed by atoms with E-state index in [9.17, 15) is 0 Å². The minimum Gasteiger partial charge on any atom is -0.455 e. The van der Waals surface area contributed by atoms with Crippen molar-refractivity contribution < 1.29 is 10.3 Å². The molecule has 0 aliphatic heterocycles. The van der Waals surface area contributed by atoms with Crippen LogP contribution in [0.25, 0.3) is 139 Å². The van der Waals surface area contributed by atoms with Gasteiger partial charge in [-0.2, -0.15) is 0 Å². The molecule has 0 aliphatic rings. The second-order valence-electron chi connectivity index (χ2n) is 18.8. The number of hydrogen-bond acceptors (Lipinski definition) is 5. The summed E-state index contributed by atoms with van der Waals surface area (Å²) in [5, 5.41) is 7.02. The molecule has 0 amide bonds. The number of fused-ring (bicyclic) bond motifs is 9. The number of hydrogen-bond donors (Lipinski definition) is 0. The molecule has 0 saturated heterocycles. The van der Waals surface area contributed by atoms with Crippen molar-refractivity contribution in [3.05, 3.63) is 265 Å². The van der Waals surface area contributed by atoms with Gasteiger partial charge in [0.05, 0.1) is 11.0 Å². The Kier molecular flexibility index (Phi) is 11.2. The molecule has 76 heavy (non-hydrogen) atoms. The number of aromatic nitrogens is 4. The zero-order chi connectivity index (χ0) is 50.5. The van der Waals surface area contributed by atoms with Crippen LogP contribution < -0.4 is 0 Å². The third-order valence-electron chi connectivity index (χ3n) is 14.2. The number of halogens is 1. The van der Waals surface area contributed by atoms with Gasteiger partial charge in [0.25, 0.3) is 0 Å². The molecule has 0 unspecified atom stereocenters. The van der Waals surface area contributed by atoms with Crippen LogP contribution in [0.1, 0.15) is 1.43 Å². The van der Waals surface area contributed by atoms with Gasteiger partial charge in [-0.1, -0.05) is 222 Å². The predicted molar refractivity (Wildman–Crippen MR) is 318 cm³/mol. The topological polar surface area (TPSA) is 69.9 Å². The van der Waals surface area contributed by atoms with Gasteiger partial charge in [-0.05, 0) is 76.9 Å². The maximum absolute atomic E-state index is 6.36. The fraction of sp³-hybridized carbons (Fsp3) is 0. The molecule has 0 aliphatic carbocycles. The zero-order valence-corrected chi connectivity index (χ0v) is 42.4. The Hall–Kier alpha value is -9.69. The van der Waals surface area contributed by atoms with Crippen LogP contribution in [-0.4, -0.2) is 19.5 Å². The van der Waals surface area contributed by atoms with E-state index in [2.05, 4.69) is 190 Å². The molecule has 6 nitrogen and oxygen atoms in total. The van der Waals surface area contributed by atoms with Gasteiger partial charge in [-0.15, -0.1) is 0 Å². The molecule has 4 heterocycles. The average Bonchev–Trinajstić information content (AvgIpc) is 4.18. The molecule has 0 fully saturated rings. The Morgan fingerprint density at radius 1 is 0.303 bits per heavy atom. The number of nitrogens with zero attached hydrogens (tertiary/aromatic N) is 4. The molecule has 11 aromatic carbocycles. The molecular weight excluding hydrogens is 997 g/mol. The minimum absolute atomic E-state index is 0. The molecule has 4 aromatic heterocycles. The molecule has 0 atom stereocenters. The molecule has 15 aromatic rings. The molecule has 0 radical (unpaired) electrons. The quantitative estimate of drug-likeness (QED) is 0.159. The lowest BCUT2D eigenvalue weighted by atomic mass is 10.0. The Morgan fingerprint density at radius 2 is 0.711 bits per heavy atom. The van der Waals surface area contributed by atoms with Crippen LogP contribution in [0.4, 0.5) is 0 Å². The molecule has 0 spiro atoms. The summed E-state index contributed by atoms with van der Waals surface area (Å²) in [4.78, 5) is 14.7. The van der Waals surface area contributed by atoms with E-state index in [1.54, 1.807) is 0 Å². The van der Waals surface area contributed by atoms with Crippen LogP contribution in [-0.2, 0) is 0 Å². The minimum atomic E-state index is 0. The Bertz CT molecular complexity index is 4570. The van der Waals surface area contributed by atoms with Crippen LogP contribution in [0, 0.1) is 0 Å². The standard InChI is InChI=1S/C51H32N4O.C18H11BrO.H2/c1-3-12-35(13-4-1)49-52-50(36-14-5-2-6-15-36)54-51(53-49)37-24-22-33(23-25-37)38-28-31-46-44(32-38)41-16-7-9-20-45(41)55(46)39-29-26-34(27-30-39)40-18-11-19-43-42-17-8-10-21-47(42)56-48(40)43;19-13-10-8-12(9-11-13)14-5-3-6-16-15-4-1-2-7-17(15)20-18(14)16;/h1-32H;1-11H;1H/i;;1+1. The molecule has 7 heteroatoms. The summed E-state index contributed by atoms with van der Waals surface area (Å²) < 4.78 is 15.9. The fourth-order valence-electron chi connectivity index (χ4n) is 10.5. The van der Waals surface area contributed by atoms with Crippen molar-refractivity contribution in [1.82, 2.24) is 19.5 Å². The second-order valence-corrected chi connectivity index (χ2v) is 19.7. The van der Waals surface area contributed by atoms with Crippen molar-refractivity contribution in [3.63, 3.8) is 0 Å². The highest BCUT2D eigenvalue weighted by Gasteiger charge is 2.18. The summed E-state index contributed by atoms with van der Waals surface area (Å²) in [6, 6.07) is 90.3. The molecule has 360 valence electrons. The molecule has 0 N–H and O–H groups in total. The van der Waals surface area contributed by atoms with E-state index < -0.39 is 0 Å². The van der Waals surface area contributed by atoms with E-state index in [0.717, 1.165) is 98.9 Å². The van der Waals surface area contributed by atoms with Gasteiger partial charge >= 0.3 is 0 Å². The first-order valence-corrected chi connectivity index (χ1v) is 26.1. The van der Waals surface area contributed by atoms with Crippen LogP contribution in [0.2, 0.25) is 0 Å². The van der Waals surface area contributed by atoms with E-state index in [0.29, 0.717) is 17.5 Å². The number of rotatable bonds is 7. The van der Waals surface area contributed by atoms with Gasteiger partial charge < -0.3 is 13.4 Å². The largest absolute Gasteiger partial charge is 0.455 e. The first-order valence-electron chi connectivity index (χ1n) is 25.3. The Labute approximate surface area is 447 Å². The molecule has 0 saturated carbocycles. The lowest BCUT2D eigenvalue weighted by Crippen LogP contribution is -2.00. The summed E-state index contributed by atoms with van der Waals surface area (Å²) in [7, 11) is 0. The van der Waals surface area contributed by atoms with Crippen LogP contribution in [0.5, 0.6) is 0 Å². The van der Waals surface area contributed by atoms with Crippen LogP contribution >= 0.6 is 15.9 Å². The third kappa shape index (κ3) is 8.11. The highest BCUT2D eigenvalue weighted by Crippen LogP contribution is 2.40. The lowest BCUT2D eigenvalue weighted by molar-refractivity contribution is 0.669. The summed E-state index contributed by atoms with van der Waals surface area (Å²) in [6.45, 7) is 0. The summed E-state index contributed by atoms with van der Waals surface area (Å²) in [6.07, 6.45) is 0. The number of para-hydroxylation sites is 5. The van der Waals surface area contributed by atoms with E-state index in [-0.39, 0.29) is 1.43 Å². The van der Waals surface area contributed by atoms with E-state index in [1.807, 2.05) is 91.0 Å². The Balaban J connectivity index is 0.000000225. The number of furan rings is 2.